The zero-order chi connectivity index (χ0) is 12.1. The molecule has 0 aliphatic heterocycles. The van der Waals surface area contributed by atoms with Crippen LogP contribution in [0.5, 0.6) is 0 Å². The van der Waals surface area contributed by atoms with Crippen molar-refractivity contribution >= 4 is 17.4 Å². The molecule has 4 nitrogen and oxygen atoms in total. The van der Waals surface area contributed by atoms with Crippen molar-refractivity contribution in [3.8, 4) is 0 Å². The highest BCUT2D eigenvalue weighted by atomic mass is 35.5. The number of halogens is 1. The van der Waals surface area contributed by atoms with Gasteiger partial charge in [-0.3, -0.25) is 0 Å². The van der Waals surface area contributed by atoms with Gasteiger partial charge >= 0.3 is 0 Å². The summed E-state index contributed by atoms with van der Waals surface area (Å²) in [5, 5.41) is 15.3. The Bertz CT molecular complexity index is 391. The van der Waals surface area contributed by atoms with Crippen molar-refractivity contribution in [3.05, 3.63) is 34.3 Å². The SMILES string of the molecule is CC(C)NCc1ccc(/C(N)=N/O)cc1Cl. The lowest BCUT2D eigenvalue weighted by molar-refractivity contribution is 0.318. The van der Waals surface area contributed by atoms with E-state index in [1.807, 2.05) is 6.07 Å². The Hall–Kier alpha value is -1.26. The van der Waals surface area contributed by atoms with Gasteiger partial charge in [-0.1, -0.05) is 42.7 Å². The number of hydrogen-bond acceptors (Lipinski definition) is 3. The maximum Gasteiger partial charge on any atom is 0.170 e. The van der Waals surface area contributed by atoms with Gasteiger partial charge in [-0.25, -0.2) is 0 Å². The van der Waals surface area contributed by atoms with Crippen LogP contribution in [0.3, 0.4) is 0 Å². The lowest BCUT2D eigenvalue weighted by atomic mass is 10.1. The smallest absolute Gasteiger partial charge is 0.170 e. The Balaban J connectivity index is 2.83. The van der Waals surface area contributed by atoms with E-state index in [1.165, 1.54) is 0 Å². The molecule has 0 aliphatic rings. The van der Waals surface area contributed by atoms with Gasteiger partial charge < -0.3 is 16.3 Å². The second-order valence-electron chi connectivity index (χ2n) is 3.83. The Morgan fingerprint density at radius 2 is 2.25 bits per heavy atom. The molecule has 0 fully saturated rings. The van der Waals surface area contributed by atoms with E-state index in [4.69, 9.17) is 22.5 Å². The summed E-state index contributed by atoms with van der Waals surface area (Å²) in [6.07, 6.45) is 0. The van der Waals surface area contributed by atoms with E-state index < -0.39 is 0 Å². The standard InChI is InChI=1S/C11H16ClN3O/c1-7(2)14-6-9-4-3-8(5-10(9)12)11(13)15-16/h3-5,7,14,16H,6H2,1-2H3,(H2,13,15). The zero-order valence-corrected chi connectivity index (χ0v) is 10.1. The van der Waals surface area contributed by atoms with E-state index in [9.17, 15) is 0 Å². The van der Waals surface area contributed by atoms with Crippen molar-refractivity contribution in [2.75, 3.05) is 0 Å². The van der Waals surface area contributed by atoms with Gasteiger partial charge in [0.05, 0.1) is 0 Å². The Morgan fingerprint density at radius 1 is 1.56 bits per heavy atom. The normalized spacial score (nSPS) is 12.1. The highest BCUT2D eigenvalue weighted by Crippen LogP contribution is 2.17. The number of nitrogens with two attached hydrogens (primary N) is 1. The molecule has 1 rings (SSSR count). The highest BCUT2D eigenvalue weighted by Gasteiger charge is 2.05. The second kappa shape index (κ2) is 5.72. The Kier molecular flexibility index (Phi) is 4.58. The lowest BCUT2D eigenvalue weighted by Gasteiger charge is -2.10. The van der Waals surface area contributed by atoms with Gasteiger partial charge in [0.1, 0.15) is 0 Å². The van der Waals surface area contributed by atoms with E-state index in [0.717, 1.165) is 5.56 Å². The molecule has 0 spiro atoms. The molecule has 0 aromatic heterocycles. The van der Waals surface area contributed by atoms with E-state index >= 15 is 0 Å². The molecule has 0 aliphatic carbocycles. The van der Waals surface area contributed by atoms with E-state index in [1.54, 1.807) is 12.1 Å². The van der Waals surface area contributed by atoms with Crippen molar-refractivity contribution < 1.29 is 5.21 Å². The van der Waals surface area contributed by atoms with Gasteiger partial charge in [0.2, 0.25) is 0 Å². The molecule has 0 heterocycles. The van der Waals surface area contributed by atoms with Crippen molar-refractivity contribution in [1.82, 2.24) is 5.32 Å². The lowest BCUT2D eigenvalue weighted by Crippen LogP contribution is -2.22. The van der Waals surface area contributed by atoms with Crippen LogP contribution >= 0.6 is 11.6 Å². The molecular weight excluding hydrogens is 226 g/mol. The number of oxime groups is 1. The zero-order valence-electron chi connectivity index (χ0n) is 9.37. The van der Waals surface area contributed by atoms with Crippen LogP contribution in [0.25, 0.3) is 0 Å². The molecule has 1 aromatic rings. The molecule has 0 saturated heterocycles. The molecule has 0 saturated carbocycles. The fourth-order valence-electron chi connectivity index (χ4n) is 1.22. The van der Waals surface area contributed by atoms with Gasteiger partial charge in [0.25, 0.3) is 0 Å². The first-order valence-corrected chi connectivity index (χ1v) is 5.42. The number of benzene rings is 1. The van der Waals surface area contributed by atoms with E-state index in [0.29, 0.717) is 23.2 Å². The topological polar surface area (TPSA) is 70.6 Å². The first kappa shape index (κ1) is 12.8. The Morgan fingerprint density at radius 3 is 2.75 bits per heavy atom. The summed E-state index contributed by atoms with van der Waals surface area (Å²) < 4.78 is 0. The minimum atomic E-state index is 0.0604. The van der Waals surface area contributed by atoms with Gasteiger partial charge in [0.15, 0.2) is 5.84 Å². The van der Waals surface area contributed by atoms with Crippen LogP contribution in [-0.2, 0) is 6.54 Å². The highest BCUT2D eigenvalue weighted by molar-refractivity contribution is 6.31. The van der Waals surface area contributed by atoms with Crippen LogP contribution in [-0.4, -0.2) is 17.1 Å². The summed E-state index contributed by atoms with van der Waals surface area (Å²) in [6, 6.07) is 5.73. The third-order valence-corrected chi connectivity index (χ3v) is 2.51. The third-order valence-electron chi connectivity index (χ3n) is 2.16. The van der Waals surface area contributed by atoms with Crippen LogP contribution in [0.15, 0.2) is 23.4 Å². The van der Waals surface area contributed by atoms with Crippen LogP contribution in [0.2, 0.25) is 5.02 Å². The minimum Gasteiger partial charge on any atom is -0.409 e. The average Bonchev–Trinajstić information content (AvgIpc) is 2.26. The average molecular weight is 242 g/mol. The second-order valence-corrected chi connectivity index (χ2v) is 4.23. The van der Waals surface area contributed by atoms with Crippen LogP contribution in [0.4, 0.5) is 0 Å². The fourth-order valence-corrected chi connectivity index (χ4v) is 1.47. The molecule has 1 aromatic carbocycles. The van der Waals surface area contributed by atoms with Gasteiger partial charge in [-0.15, -0.1) is 0 Å². The predicted molar refractivity (Wildman–Crippen MR) is 65.9 cm³/mol. The maximum absolute atomic E-state index is 8.53. The fraction of sp³-hybridized carbons (Fsp3) is 0.364. The largest absolute Gasteiger partial charge is 0.409 e. The van der Waals surface area contributed by atoms with Crippen LogP contribution in [0, 0.1) is 0 Å². The molecule has 0 atom stereocenters. The molecule has 88 valence electrons. The summed E-state index contributed by atoms with van der Waals surface area (Å²) in [5.74, 6) is 0.0604. The number of rotatable bonds is 4. The molecule has 0 unspecified atom stereocenters. The third kappa shape index (κ3) is 3.40. The minimum absolute atomic E-state index is 0.0604. The van der Waals surface area contributed by atoms with Crippen molar-refractivity contribution in [2.24, 2.45) is 10.9 Å². The summed E-state index contributed by atoms with van der Waals surface area (Å²) in [5.41, 5.74) is 7.06. The van der Waals surface area contributed by atoms with Gasteiger partial charge in [-0.2, -0.15) is 0 Å². The van der Waals surface area contributed by atoms with Crippen molar-refractivity contribution in [1.29, 1.82) is 0 Å². The van der Waals surface area contributed by atoms with Gasteiger partial charge in [0, 0.05) is 23.2 Å². The van der Waals surface area contributed by atoms with Crippen LogP contribution in [0.1, 0.15) is 25.0 Å². The number of nitrogens with one attached hydrogen (secondary N) is 1. The Labute approximate surface area is 100 Å². The summed E-state index contributed by atoms with van der Waals surface area (Å²) in [4.78, 5) is 0. The molecule has 0 amide bonds. The quantitative estimate of drug-likeness (QED) is 0.327. The molecule has 0 bridgehead atoms. The number of hydrogen-bond donors (Lipinski definition) is 3. The molecule has 16 heavy (non-hydrogen) atoms. The van der Waals surface area contributed by atoms with Gasteiger partial charge in [-0.05, 0) is 11.6 Å². The summed E-state index contributed by atoms with van der Waals surface area (Å²) in [7, 11) is 0. The predicted octanol–water partition coefficient (Wildman–Crippen LogP) is 1.93. The molecular formula is C11H16ClN3O. The number of amidine groups is 1. The number of nitrogens with zero attached hydrogens (tertiary/aromatic N) is 1. The van der Waals surface area contributed by atoms with E-state index in [-0.39, 0.29) is 5.84 Å². The summed E-state index contributed by atoms with van der Waals surface area (Å²) >= 11 is 6.08. The molecule has 0 radical (unpaired) electrons. The first-order chi connectivity index (χ1) is 7.54. The van der Waals surface area contributed by atoms with Crippen LogP contribution < -0.4 is 11.1 Å². The first-order valence-electron chi connectivity index (χ1n) is 5.04. The monoisotopic (exact) mass is 241 g/mol. The van der Waals surface area contributed by atoms with Crippen molar-refractivity contribution in [3.63, 3.8) is 0 Å². The molecule has 5 heteroatoms. The van der Waals surface area contributed by atoms with Crippen molar-refractivity contribution in [2.45, 2.75) is 26.4 Å². The maximum atomic E-state index is 8.53. The summed E-state index contributed by atoms with van der Waals surface area (Å²) in [6.45, 7) is 4.84. The van der Waals surface area contributed by atoms with E-state index in [2.05, 4.69) is 24.3 Å². The molecule has 4 N–H and O–H groups in total.